The van der Waals surface area contributed by atoms with Gasteiger partial charge in [0.1, 0.15) is 11.5 Å². The number of nitrogens with zero attached hydrogens (tertiary/aromatic N) is 3. The highest BCUT2D eigenvalue weighted by molar-refractivity contribution is 5.94. The van der Waals surface area contributed by atoms with Crippen molar-refractivity contribution in [3.63, 3.8) is 0 Å². The third-order valence-corrected chi connectivity index (χ3v) is 5.68. The molecule has 2 aromatic heterocycles. The molecule has 0 bridgehead atoms. The third kappa shape index (κ3) is 3.92. The number of amides is 1. The number of rotatable bonds is 4. The second-order valence-corrected chi connectivity index (χ2v) is 7.97. The topological polar surface area (TPSA) is 59.8 Å². The Labute approximate surface area is 175 Å². The van der Waals surface area contributed by atoms with Crippen molar-refractivity contribution in [2.75, 3.05) is 0 Å². The van der Waals surface area contributed by atoms with Crippen LogP contribution >= 0.6 is 0 Å². The van der Waals surface area contributed by atoms with E-state index in [0.29, 0.717) is 35.8 Å². The van der Waals surface area contributed by atoms with Crippen LogP contribution < -0.4 is 5.32 Å². The summed E-state index contributed by atoms with van der Waals surface area (Å²) in [5.41, 5.74) is 1.50. The highest BCUT2D eigenvalue weighted by Crippen LogP contribution is 2.40. The number of aromatic nitrogens is 3. The molecule has 31 heavy (non-hydrogen) atoms. The van der Waals surface area contributed by atoms with Crippen molar-refractivity contribution in [2.45, 2.75) is 43.9 Å². The zero-order chi connectivity index (χ0) is 21.8. The summed E-state index contributed by atoms with van der Waals surface area (Å²) in [5.74, 6) is -0.503. The molecule has 2 aliphatic rings. The van der Waals surface area contributed by atoms with Gasteiger partial charge in [-0.05, 0) is 67.1 Å². The van der Waals surface area contributed by atoms with E-state index in [1.807, 2.05) is 0 Å². The van der Waals surface area contributed by atoms with Gasteiger partial charge in [0.15, 0.2) is 0 Å². The molecule has 1 saturated carbocycles. The van der Waals surface area contributed by atoms with Crippen LogP contribution in [-0.4, -0.2) is 20.7 Å². The van der Waals surface area contributed by atoms with Crippen molar-refractivity contribution in [3.05, 3.63) is 70.9 Å². The van der Waals surface area contributed by atoms with Crippen LogP contribution in [0.4, 0.5) is 17.6 Å². The van der Waals surface area contributed by atoms with Crippen LogP contribution in [0.15, 0.2) is 42.6 Å². The Balaban J connectivity index is 1.37. The number of halogens is 4. The standard InChI is InChI=1S/C22H18F4N4O/c23-16-8-14(12-1-2-12)7-15(9-16)21(31)28-17-4-6-30-19(17)11-18(29-30)13-3-5-27-20(10-13)22(24,25)26/h3,5,7-12,17H,1-2,4,6H2,(H,28,31). The number of aryl methyl sites for hydroxylation is 1. The van der Waals surface area contributed by atoms with Gasteiger partial charge in [-0.25, -0.2) is 4.39 Å². The lowest BCUT2D eigenvalue weighted by molar-refractivity contribution is -0.141. The van der Waals surface area contributed by atoms with Crippen LogP contribution in [0.3, 0.4) is 0 Å². The summed E-state index contributed by atoms with van der Waals surface area (Å²) in [5, 5.41) is 7.29. The molecule has 9 heteroatoms. The molecule has 1 fully saturated rings. The number of hydrogen-bond donors (Lipinski definition) is 1. The van der Waals surface area contributed by atoms with Crippen molar-refractivity contribution in [3.8, 4) is 11.3 Å². The zero-order valence-corrected chi connectivity index (χ0v) is 16.3. The quantitative estimate of drug-likeness (QED) is 0.602. The molecule has 0 radical (unpaired) electrons. The predicted molar refractivity (Wildman–Crippen MR) is 104 cm³/mol. The van der Waals surface area contributed by atoms with E-state index in [4.69, 9.17) is 0 Å². The van der Waals surface area contributed by atoms with Gasteiger partial charge in [0.2, 0.25) is 0 Å². The summed E-state index contributed by atoms with van der Waals surface area (Å²) >= 11 is 0. The molecule has 1 aliphatic carbocycles. The van der Waals surface area contributed by atoms with Gasteiger partial charge in [-0.2, -0.15) is 18.3 Å². The van der Waals surface area contributed by atoms with Gasteiger partial charge < -0.3 is 5.32 Å². The van der Waals surface area contributed by atoms with E-state index in [9.17, 15) is 22.4 Å². The first-order valence-electron chi connectivity index (χ1n) is 10.0. The first-order valence-corrected chi connectivity index (χ1v) is 10.0. The lowest BCUT2D eigenvalue weighted by Crippen LogP contribution is -2.27. The molecule has 1 N–H and O–H groups in total. The average molecular weight is 430 g/mol. The molecule has 1 aromatic carbocycles. The second kappa shape index (κ2) is 7.18. The lowest BCUT2D eigenvalue weighted by atomic mass is 10.1. The van der Waals surface area contributed by atoms with Crippen molar-refractivity contribution in [1.29, 1.82) is 0 Å². The summed E-state index contributed by atoms with van der Waals surface area (Å²) in [6, 6.07) is 8.15. The first-order chi connectivity index (χ1) is 14.8. The van der Waals surface area contributed by atoms with Crippen LogP contribution in [0.2, 0.25) is 0 Å². The molecule has 0 saturated heterocycles. The number of alkyl halides is 3. The van der Waals surface area contributed by atoms with Gasteiger partial charge in [0.05, 0.1) is 17.4 Å². The Morgan fingerprint density at radius 2 is 1.90 bits per heavy atom. The Kier molecular flexibility index (Phi) is 4.56. The monoisotopic (exact) mass is 430 g/mol. The molecule has 1 amide bonds. The predicted octanol–water partition coefficient (Wildman–Crippen LogP) is 4.86. The van der Waals surface area contributed by atoms with Crippen molar-refractivity contribution in [1.82, 2.24) is 20.1 Å². The fourth-order valence-electron chi connectivity index (χ4n) is 3.96. The van der Waals surface area contributed by atoms with E-state index >= 15 is 0 Å². The Morgan fingerprint density at radius 1 is 1.10 bits per heavy atom. The van der Waals surface area contributed by atoms with Crippen molar-refractivity contribution < 1.29 is 22.4 Å². The van der Waals surface area contributed by atoms with E-state index in [-0.39, 0.29) is 17.5 Å². The fourth-order valence-corrected chi connectivity index (χ4v) is 3.96. The number of carbonyl (C=O) groups is 1. The largest absolute Gasteiger partial charge is 0.433 e. The summed E-state index contributed by atoms with van der Waals surface area (Å²) in [4.78, 5) is 16.1. The SMILES string of the molecule is O=C(NC1CCn2nc(-c3ccnc(C(F)(F)F)c3)cc21)c1cc(F)cc(C2CC2)c1. The Morgan fingerprint density at radius 3 is 2.65 bits per heavy atom. The fraction of sp³-hybridized carbons (Fsp3) is 0.318. The number of pyridine rings is 1. The van der Waals surface area contributed by atoms with E-state index in [1.54, 1.807) is 16.8 Å². The zero-order valence-electron chi connectivity index (χ0n) is 16.3. The molecule has 1 atom stereocenters. The molecule has 3 heterocycles. The highest BCUT2D eigenvalue weighted by atomic mass is 19.4. The maximum atomic E-state index is 14.0. The number of fused-ring (bicyclic) bond motifs is 1. The molecule has 1 unspecified atom stereocenters. The second-order valence-electron chi connectivity index (χ2n) is 7.97. The molecule has 1 aliphatic heterocycles. The molecule has 0 spiro atoms. The summed E-state index contributed by atoms with van der Waals surface area (Å²) in [6.07, 6.45) is -0.841. The molecule has 5 rings (SSSR count). The number of hydrogen-bond acceptors (Lipinski definition) is 3. The average Bonchev–Trinajstić information content (AvgIpc) is 3.39. The van der Waals surface area contributed by atoms with Crippen LogP contribution in [0.1, 0.15) is 58.5 Å². The van der Waals surface area contributed by atoms with Gasteiger partial charge in [-0.1, -0.05) is 0 Å². The Hall–Kier alpha value is -3.23. The lowest BCUT2D eigenvalue weighted by Gasteiger charge is -2.13. The van der Waals surface area contributed by atoms with E-state index < -0.39 is 17.7 Å². The minimum atomic E-state index is -4.54. The summed E-state index contributed by atoms with van der Waals surface area (Å²) < 4.78 is 54.5. The molecular weight excluding hydrogens is 412 g/mol. The van der Waals surface area contributed by atoms with Crippen LogP contribution in [0.5, 0.6) is 0 Å². The van der Waals surface area contributed by atoms with Crippen LogP contribution in [0, 0.1) is 5.82 Å². The molecule has 160 valence electrons. The highest BCUT2D eigenvalue weighted by Gasteiger charge is 2.33. The first kappa shape index (κ1) is 19.7. The Bertz CT molecular complexity index is 1170. The minimum Gasteiger partial charge on any atom is -0.344 e. The summed E-state index contributed by atoms with van der Waals surface area (Å²) in [6.45, 7) is 0.522. The van der Waals surface area contributed by atoms with E-state index in [1.165, 1.54) is 18.2 Å². The van der Waals surface area contributed by atoms with E-state index in [2.05, 4.69) is 15.4 Å². The molecule has 5 nitrogen and oxygen atoms in total. The minimum absolute atomic E-state index is 0.268. The summed E-state index contributed by atoms with van der Waals surface area (Å²) in [7, 11) is 0. The van der Waals surface area contributed by atoms with Gasteiger partial charge in [-0.3, -0.25) is 14.5 Å². The molecular formula is C22H18F4N4O. The maximum Gasteiger partial charge on any atom is 0.433 e. The molecule has 3 aromatic rings. The van der Waals surface area contributed by atoms with Gasteiger partial charge >= 0.3 is 6.18 Å². The van der Waals surface area contributed by atoms with Gasteiger partial charge in [-0.15, -0.1) is 0 Å². The van der Waals surface area contributed by atoms with Crippen molar-refractivity contribution in [2.24, 2.45) is 0 Å². The third-order valence-electron chi connectivity index (χ3n) is 5.68. The number of benzene rings is 1. The maximum absolute atomic E-state index is 14.0. The van der Waals surface area contributed by atoms with E-state index in [0.717, 1.165) is 30.7 Å². The van der Waals surface area contributed by atoms with Gasteiger partial charge in [0, 0.05) is 23.9 Å². The number of nitrogens with one attached hydrogen (secondary N) is 1. The number of carbonyl (C=O) groups excluding carboxylic acids is 1. The van der Waals surface area contributed by atoms with Crippen LogP contribution in [0.25, 0.3) is 11.3 Å². The van der Waals surface area contributed by atoms with Gasteiger partial charge in [0.25, 0.3) is 5.91 Å². The van der Waals surface area contributed by atoms with Crippen molar-refractivity contribution >= 4 is 5.91 Å². The smallest absolute Gasteiger partial charge is 0.344 e. The normalized spacial score (nSPS) is 18.1. The van der Waals surface area contributed by atoms with Crippen LogP contribution in [-0.2, 0) is 12.7 Å².